The maximum atomic E-state index is 12.1. The lowest BCUT2D eigenvalue weighted by Gasteiger charge is -2.29. The van der Waals surface area contributed by atoms with E-state index in [-0.39, 0.29) is 13.2 Å². The van der Waals surface area contributed by atoms with Crippen molar-refractivity contribution in [2.75, 3.05) is 25.6 Å². The van der Waals surface area contributed by atoms with E-state index in [1.807, 2.05) is 6.92 Å². The van der Waals surface area contributed by atoms with Crippen LogP contribution in [0.4, 0.5) is 5.69 Å². The van der Waals surface area contributed by atoms with Gasteiger partial charge in [0, 0.05) is 5.56 Å². The molecule has 0 radical (unpaired) electrons. The third-order valence-electron chi connectivity index (χ3n) is 3.23. The van der Waals surface area contributed by atoms with Crippen molar-refractivity contribution in [2.45, 2.75) is 25.8 Å². The molecule has 0 unspecified atom stereocenters. The van der Waals surface area contributed by atoms with E-state index in [1.54, 1.807) is 19.1 Å². The zero-order valence-corrected chi connectivity index (χ0v) is 11.8. The average molecular weight is 282 g/mol. The first-order valence-corrected chi connectivity index (χ1v) is 6.58. The number of aliphatic hydroxyl groups is 2. The predicted molar refractivity (Wildman–Crippen MR) is 76.7 cm³/mol. The minimum absolute atomic E-state index is 0.335. The highest BCUT2D eigenvalue weighted by Crippen LogP contribution is 2.23. The van der Waals surface area contributed by atoms with Gasteiger partial charge in [0.25, 0.3) is 5.91 Å². The van der Waals surface area contributed by atoms with Crippen molar-refractivity contribution < 1.29 is 19.7 Å². The summed E-state index contributed by atoms with van der Waals surface area (Å²) in [4.78, 5) is 12.1. The molecule has 0 atom stereocenters. The molecule has 1 amide bonds. The Balaban J connectivity index is 2.90. The van der Waals surface area contributed by atoms with Crippen molar-refractivity contribution in [2.24, 2.45) is 0 Å². The van der Waals surface area contributed by atoms with Gasteiger partial charge in [0.15, 0.2) is 0 Å². The number of nitrogen functional groups attached to an aromatic ring is 1. The molecule has 6 nitrogen and oxygen atoms in total. The fourth-order valence-electron chi connectivity index (χ4n) is 1.73. The van der Waals surface area contributed by atoms with Crippen LogP contribution in [0.25, 0.3) is 0 Å². The second-order valence-corrected chi connectivity index (χ2v) is 4.59. The summed E-state index contributed by atoms with van der Waals surface area (Å²) in [5, 5.41) is 21.3. The molecule has 1 aromatic rings. The van der Waals surface area contributed by atoms with E-state index in [0.717, 1.165) is 0 Å². The van der Waals surface area contributed by atoms with Crippen LogP contribution in [-0.4, -0.2) is 41.5 Å². The molecule has 0 spiro atoms. The number of benzene rings is 1. The fourth-order valence-corrected chi connectivity index (χ4v) is 1.73. The average Bonchev–Trinajstić information content (AvgIpc) is 2.47. The third kappa shape index (κ3) is 3.61. The normalized spacial score (nSPS) is 11.2. The van der Waals surface area contributed by atoms with E-state index < -0.39 is 11.4 Å². The Labute approximate surface area is 118 Å². The summed E-state index contributed by atoms with van der Waals surface area (Å²) in [5.74, 6) is 0.125. The van der Waals surface area contributed by atoms with Crippen LogP contribution in [0.5, 0.6) is 5.75 Å². The van der Waals surface area contributed by atoms with Crippen molar-refractivity contribution in [1.29, 1.82) is 0 Å². The molecular weight excluding hydrogens is 260 g/mol. The second-order valence-electron chi connectivity index (χ2n) is 4.59. The molecule has 0 aliphatic carbocycles. The predicted octanol–water partition coefficient (Wildman–Crippen LogP) is 0.531. The number of ether oxygens (including phenoxy) is 1. The molecule has 0 fully saturated rings. The van der Waals surface area contributed by atoms with E-state index in [1.165, 1.54) is 6.07 Å². The van der Waals surface area contributed by atoms with Gasteiger partial charge < -0.3 is 26.0 Å². The molecule has 1 rings (SSSR count). The zero-order chi connectivity index (χ0) is 15.2. The SMILES string of the molecule is CCOc1ccc(C(=O)NC(CC)(CO)CO)cc1N. The number of amides is 1. The summed E-state index contributed by atoms with van der Waals surface area (Å²) in [5.41, 5.74) is 5.50. The molecule has 5 N–H and O–H groups in total. The monoisotopic (exact) mass is 282 g/mol. The van der Waals surface area contributed by atoms with Gasteiger partial charge in [-0.1, -0.05) is 6.92 Å². The Morgan fingerprint density at radius 2 is 2.00 bits per heavy atom. The lowest BCUT2D eigenvalue weighted by Crippen LogP contribution is -2.53. The first-order chi connectivity index (χ1) is 9.51. The van der Waals surface area contributed by atoms with Crippen LogP contribution in [0.15, 0.2) is 18.2 Å². The van der Waals surface area contributed by atoms with Crippen LogP contribution in [0.3, 0.4) is 0 Å². The van der Waals surface area contributed by atoms with Gasteiger partial charge in [-0.25, -0.2) is 0 Å². The summed E-state index contributed by atoms with van der Waals surface area (Å²) in [6, 6.07) is 4.72. The van der Waals surface area contributed by atoms with Crippen molar-refractivity contribution in [3.63, 3.8) is 0 Å². The minimum Gasteiger partial charge on any atom is -0.492 e. The van der Waals surface area contributed by atoms with Crippen molar-refractivity contribution in [3.8, 4) is 5.75 Å². The van der Waals surface area contributed by atoms with Crippen LogP contribution in [0.2, 0.25) is 0 Å². The minimum atomic E-state index is -1.02. The highest BCUT2D eigenvalue weighted by molar-refractivity contribution is 5.96. The van der Waals surface area contributed by atoms with E-state index in [4.69, 9.17) is 10.5 Å². The van der Waals surface area contributed by atoms with Gasteiger partial charge in [0.2, 0.25) is 0 Å². The van der Waals surface area contributed by atoms with Crippen LogP contribution in [0.1, 0.15) is 30.6 Å². The Morgan fingerprint density at radius 3 is 2.45 bits per heavy atom. The fraction of sp³-hybridized carbons (Fsp3) is 0.500. The Hall–Kier alpha value is -1.79. The topological polar surface area (TPSA) is 105 Å². The summed E-state index contributed by atoms with van der Waals surface area (Å²) < 4.78 is 5.30. The second kappa shape index (κ2) is 7.12. The number of aliphatic hydroxyl groups excluding tert-OH is 2. The number of hydrogen-bond acceptors (Lipinski definition) is 5. The Morgan fingerprint density at radius 1 is 1.35 bits per heavy atom. The van der Waals surface area contributed by atoms with Crippen molar-refractivity contribution in [3.05, 3.63) is 23.8 Å². The molecule has 0 aliphatic heterocycles. The van der Waals surface area contributed by atoms with Crippen molar-refractivity contribution >= 4 is 11.6 Å². The van der Waals surface area contributed by atoms with Gasteiger partial charge in [-0.2, -0.15) is 0 Å². The molecule has 20 heavy (non-hydrogen) atoms. The number of rotatable bonds is 7. The first-order valence-electron chi connectivity index (χ1n) is 6.58. The van der Waals surface area contributed by atoms with Crippen LogP contribution < -0.4 is 15.8 Å². The zero-order valence-electron chi connectivity index (χ0n) is 11.8. The van der Waals surface area contributed by atoms with E-state index >= 15 is 0 Å². The summed E-state index contributed by atoms with van der Waals surface area (Å²) in [7, 11) is 0. The summed E-state index contributed by atoms with van der Waals surface area (Å²) in [6.07, 6.45) is 0.415. The molecule has 0 saturated heterocycles. The van der Waals surface area contributed by atoms with Gasteiger partial charge in [-0.3, -0.25) is 4.79 Å². The number of anilines is 1. The largest absolute Gasteiger partial charge is 0.492 e. The highest BCUT2D eigenvalue weighted by Gasteiger charge is 2.29. The van der Waals surface area contributed by atoms with Gasteiger partial charge in [-0.05, 0) is 31.5 Å². The smallest absolute Gasteiger partial charge is 0.251 e. The standard InChI is InChI=1S/C14H22N2O4/c1-3-14(8-17,9-18)16-13(19)10-5-6-12(20-4-2)11(15)7-10/h5-7,17-18H,3-4,8-9,15H2,1-2H3,(H,16,19). The highest BCUT2D eigenvalue weighted by atomic mass is 16.5. The maximum Gasteiger partial charge on any atom is 0.251 e. The Bertz CT molecular complexity index is 450. The van der Waals surface area contributed by atoms with Crippen molar-refractivity contribution in [1.82, 2.24) is 5.32 Å². The molecule has 0 saturated carbocycles. The van der Waals surface area contributed by atoms with Crippen LogP contribution >= 0.6 is 0 Å². The maximum absolute atomic E-state index is 12.1. The summed E-state index contributed by atoms with van der Waals surface area (Å²) >= 11 is 0. The Kier molecular flexibility index (Phi) is 5.79. The lowest BCUT2D eigenvalue weighted by atomic mass is 9.97. The molecule has 6 heteroatoms. The molecule has 0 aromatic heterocycles. The number of hydrogen-bond donors (Lipinski definition) is 4. The lowest BCUT2D eigenvalue weighted by molar-refractivity contribution is 0.0653. The molecule has 112 valence electrons. The van der Waals surface area contributed by atoms with Gasteiger partial charge in [-0.15, -0.1) is 0 Å². The van der Waals surface area contributed by atoms with E-state index in [0.29, 0.717) is 30.0 Å². The third-order valence-corrected chi connectivity index (χ3v) is 3.23. The van der Waals surface area contributed by atoms with Gasteiger partial charge in [0.1, 0.15) is 5.75 Å². The number of carbonyl (C=O) groups excluding carboxylic acids is 1. The van der Waals surface area contributed by atoms with E-state index in [2.05, 4.69) is 5.32 Å². The summed E-state index contributed by atoms with van der Waals surface area (Å²) in [6.45, 7) is 3.44. The van der Waals surface area contributed by atoms with Gasteiger partial charge in [0.05, 0.1) is 31.0 Å². The van der Waals surface area contributed by atoms with Crippen LogP contribution in [0, 0.1) is 0 Å². The first kappa shape index (κ1) is 16.3. The van der Waals surface area contributed by atoms with E-state index in [9.17, 15) is 15.0 Å². The molecule has 0 bridgehead atoms. The quantitative estimate of drug-likeness (QED) is 0.546. The van der Waals surface area contributed by atoms with Crippen LogP contribution in [-0.2, 0) is 0 Å². The number of nitrogens with one attached hydrogen (secondary N) is 1. The molecule has 1 aromatic carbocycles. The molecule has 0 heterocycles. The van der Waals surface area contributed by atoms with Gasteiger partial charge >= 0.3 is 0 Å². The number of carbonyl (C=O) groups is 1. The number of nitrogens with two attached hydrogens (primary N) is 1. The molecule has 0 aliphatic rings. The molecular formula is C14H22N2O4.